The fourth-order valence-corrected chi connectivity index (χ4v) is 2.46. The number of pyridine rings is 1. The fourth-order valence-electron chi connectivity index (χ4n) is 2.46. The third-order valence-corrected chi connectivity index (χ3v) is 4.70. The summed E-state index contributed by atoms with van der Waals surface area (Å²) in [5.74, 6) is 1.98. The summed E-state index contributed by atoms with van der Waals surface area (Å²) in [7, 11) is -0.298. The quantitative estimate of drug-likeness (QED) is 0.868. The van der Waals surface area contributed by atoms with Gasteiger partial charge in [0.1, 0.15) is 0 Å². The number of rotatable bonds is 3. The lowest BCUT2D eigenvalue weighted by molar-refractivity contribution is 0.00578. The lowest BCUT2D eigenvalue weighted by Crippen LogP contribution is -2.41. The molecule has 21 heavy (non-hydrogen) atoms. The zero-order chi connectivity index (χ0) is 15.1. The highest BCUT2D eigenvalue weighted by Gasteiger charge is 2.49. The Morgan fingerprint density at radius 1 is 1.29 bits per heavy atom. The van der Waals surface area contributed by atoms with Crippen LogP contribution in [0.3, 0.4) is 0 Å². The Bertz CT molecular complexity index is 537. The van der Waals surface area contributed by atoms with Crippen LogP contribution in [0.25, 0.3) is 6.08 Å². The van der Waals surface area contributed by atoms with Crippen LogP contribution in [0.15, 0.2) is 24.3 Å². The summed E-state index contributed by atoms with van der Waals surface area (Å²) >= 11 is 0. The molecule has 4 nitrogen and oxygen atoms in total. The van der Waals surface area contributed by atoms with E-state index in [1.807, 2.05) is 24.3 Å². The SMILES string of the molecule is CC1(C)OB(/C=C/c2ccnc([C@H]3CCN3)c2)OC1(C)C. The van der Waals surface area contributed by atoms with Gasteiger partial charge in [-0.05, 0) is 58.4 Å². The first-order valence-corrected chi connectivity index (χ1v) is 7.61. The molecule has 5 heteroatoms. The van der Waals surface area contributed by atoms with Crippen LogP contribution in [0.4, 0.5) is 0 Å². The standard InChI is InChI=1S/C16H23BN2O2/c1-15(2)16(3,4)21-17(20-15)8-5-12-6-9-19-14(11-12)13-7-10-18-13/h5-6,8-9,11,13,18H,7,10H2,1-4H3/b8-5+/t13-/m1/s1. The monoisotopic (exact) mass is 286 g/mol. The fraction of sp³-hybridized carbons (Fsp3) is 0.562. The lowest BCUT2D eigenvalue weighted by atomic mass is 9.89. The molecule has 0 amide bonds. The van der Waals surface area contributed by atoms with Gasteiger partial charge in [-0.25, -0.2) is 0 Å². The van der Waals surface area contributed by atoms with Crippen molar-refractivity contribution >= 4 is 13.2 Å². The molecule has 112 valence electrons. The van der Waals surface area contributed by atoms with Gasteiger partial charge in [-0.3, -0.25) is 4.98 Å². The Morgan fingerprint density at radius 3 is 2.52 bits per heavy atom. The predicted molar refractivity (Wildman–Crippen MR) is 84.7 cm³/mol. The summed E-state index contributed by atoms with van der Waals surface area (Å²) in [6.07, 6.45) is 5.07. The third-order valence-electron chi connectivity index (χ3n) is 4.70. The van der Waals surface area contributed by atoms with Gasteiger partial charge in [0.05, 0.1) is 22.9 Å². The maximum atomic E-state index is 5.96. The summed E-state index contributed by atoms with van der Waals surface area (Å²) in [6.45, 7) is 9.34. The van der Waals surface area contributed by atoms with Gasteiger partial charge in [0.2, 0.25) is 0 Å². The van der Waals surface area contributed by atoms with Crippen molar-refractivity contribution in [1.82, 2.24) is 10.3 Å². The molecule has 2 saturated heterocycles. The number of aromatic nitrogens is 1. The molecule has 0 bridgehead atoms. The molecule has 0 radical (unpaired) electrons. The van der Waals surface area contributed by atoms with E-state index in [-0.39, 0.29) is 18.3 Å². The van der Waals surface area contributed by atoms with E-state index >= 15 is 0 Å². The Balaban J connectivity index is 1.69. The highest BCUT2D eigenvalue weighted by Crippen LogP contribution is 2.37. The van der Waals surface area contributed by atoms with Gasteiger partial charge in [0, 0.05) is 6.20 Å². The largest absolute Gasteiger partial charge is 0.487 e. The van der Waals surface area contributed by atoms with Crippen LogP contribution in [-0.2, 0) is 9.31 Å². The zero-order valence-corrected chi connectivity index (χ0v) is 13.2. The minimum atomic E-state index is -0.298. The average molecular weight is 286 g/mol. The van der Waals surface area contributed by atoms with E-state index in [1.54, 1.807) is 0 Å². The van der Waals surface area contributed by atoms with E-state index < -0.39 is 0 Å². The van der Waals surface area contributed by atoms with E-state index in [1.165, 1.54) is 0 Å². The van der Waals surface area contributed by atoms with Crippen LogP contribution in [0.2, 0.25) is 0 Å². The topological polar surface area (TPSA) is 43.4 Å². The Kier molecular flexibility index (Phi) is 3.68. The second kappa shape index (κ2) is 5.23. The highest BCUT2D eigenvalue weighted by molar-refractivity contribution is 6.52. The highest BCUT2D eigenvalue weighted by atomic mass is 16.7. The van der Waals surface area contributed by atoms with Crippen molar-refractivity contribution < 1.29 is 9.31 Å². The van der Waals surface area contributed by atoms with E-state index in [4.69, 9.17) is 9.31 Å². The minimum Gasteiger partial charge on any atom is -0.400 e. The average Bonchev–Trinajstić information content (AvgIpc) is 2.54. The van der Waals surface area contributed by atoms with Crippen LogP contribution in [0, 0.1) is 0 Å². The van der Waals surface area contributed by atoms with Gasteiger partial charge < -0.3 is 14.6 Å². The van der Waals surface area contributed by atoms with E-state index in [0.29, 0.717) is 6.04 Å². The molecule has 1 aromatic rings. The molecule has 3 heterocycles. The molecule has 1 N–H and O–H groups in total. The second-order valence-electron chi connectivity index (χ2n) is 6.79. The first kappa shape index (κ1) is 14.8. The number of hydrogen-bond donors (Lipinski definition) is 1. The van der Waals surface area contributed by atoms with Gasteiger partial charge >= 0.3 is 7.12 Å². The first-order valence-electron chi connectivity index (χ1n) is 7.61. The molecule has 0 unspecified atom stereocenters. The van der Waals surface area contributed by atoms with Crippen molar-refractivity contribution in [2.75, 3.05) is 6.54 Å². The number of nitrogens with zero attached hydrogens (tertiary/aromatic N) is 1. The Morgan fingerprint density at radius 2 is 1.95 bits per heavy atom. The third kappa shape index (κ3) is 2.91. The van der Waals surface area contributed by atoms with Crippen molar-refractivity contribution in [3.05, 3.63) is 35.6 Å². The molecule has 0 saturated carbocycles. The molecule has 2 aliphatic rings. The van der Waals surface area contributed by atoms with E-state index in [0.717, 1.165) is 24.2 Å². The van der Waals surface area contributed by atoms with Gasteiger partial charge in [0.25, 0.3) is 0 Å². The number of hydrogen-bond acceptors (Lipinski definition) is 4. The normalized spacial score (nSPS) is 27.0. The molecule has 1 atom stereocenters. The van der Waals surface area contributed by atoms with Crippen LogP contribution >= 0.6 is 0 Å². The minimum absolute atomic E-state index is 0.290. The lowest BCUT2D eigenvalue weighted by Gasteiger charge is -2.32. The van der Waals surface area contributed by atoms with Crippen LogP contribution in [-0.4, -0.2) is 29.8 Å². The van der Waals surface area contributed by atoms with Gasteiger partial charge in [-0.1, -0.05) is 12.1 Å². The Labute approximate surface area is 127 Å². The van der Waals surface area contributed by atoms with Crippen LogP contribution in [0.5, 0.6) is 0 Å². The maximum absolute atomic E-state index is 5.96. The van der Waals surface area contributed by atoms with Crippen molar-refractivity contribution in [1.29, 1.82) is 0 Å². The van der Waals surface area contributed by atoms with Gasteiger partial charge in [0.15, 0.2) is 0 Å². The van der Waals surface area contributed by atoms with Crippen LogP contribution in [0.1, 0.15) is 51.4 Å². The molecule has 3 rings (SSSR count). The molecule has 1 aromatic heterocycles. The molecule has 2 aliphatic heterocycles. The smallest absolute Gasteiger partial charge is 0.400 e. The summed E-state index contributed by atoms with van der Waals surface area (Å²) in [5, 5.41) is 3.37. The molecular weight excluding hydrogens is 263 g/mol. The van der Waals surface area contributed by atoms with Crippen LogP contribution < -0.4 is 5.32 Å². The molecule has 0 aromatic carbocycles. The van der Waals surface area contributed by atoms with Gasteiger partial charge in [-0.15, -0.1) is 0 Å². The van der Waals surface area contributed by atoms with E-state index in [2.05, 4.69) is 44.1 Å². The van der Waals surface area contributed by atoms with E-state index in [9.17, 15) is 0 Å². The second-order valence-corrected chi connectivity index (χ2v) is 6.79. The Hall–Kier alpha value is -1.17. The number of nitrogens with one attached hydrogen (secondary N) is 1. The van der Waals surface area contributed by atoms with Crippen molar-refractivity contribution in [3.8, 4) is 0 Å². The molecular formula is C16H23BN2O2. The first-order chi connectivity index (χ1) is 9.87. The maximum Gasteiger partial charge on any atom is 0.487 e. The molecule has 0 spiro atoms. The van der Waals surface area contributed by atoms with Crippen molar-refractivity contribution in [3.63, 3.8) is 0 Å². The molecule has 2 fully saturated rings. The van der Waals surface area contributed by atoms with Crippen molar-refractivity contribution in [2.45, 2.75) is 51.4 Å². The predicted octanol–water partition coefficient (Wildman–Crippen LogP) is 2.76. The zero-order valence-electron chi connectivity index (χ0n) is 13.2. The summed E-state index contributed by atoms with van der Waals surface area (Å²) < 4.78 is 11.9. The van der Waals surface area contributed by atoms with Crippen molar-refractivity contribution in [2.24, 2.45) is 0 Å². The summed E-state index contributed by atoms with van der Waals surface area (Å²) in [5.41, 5.74) is 1.66. The molecule has 0 aliphatic carbocycles. The summed E-state index contributed by atoms with van der Waals surface area (Å²) in [4.78, 5) is 4.43. The van der Waals surface area contributed by atoms with Gasteiger partial charge in [-0.2, -0.15) is 0 Å². The summed E-state index contributed by atoms with van der Waals surface area (Å²) in [6, 6.07) is 4.54.